The van der Waals surface area contributed by atoms with E-state index < -0.39 is 24.4 Å². The molecule has 0 saturated heterocycles. The summed E-state index contributed by atoms with van der Waals surface area (Å²) in [6, 6.07) is 9.78. The maximum absolute atomic E-state index is 12.3. The van der Waals surface area contributed by atoms with Gasteiger partial charge in [0.15, 0.2) is 0 Å². The third-order valence-corrected chi connectivity index (χ3v) is 2.95. The van der Waals surface area contributed by atoms with Crippen molar-refractivity contribution < 1.29 is 19.7 Å². The molecule has 0 fully saturated rings. The minimum absolute atomic E-state index is 0.0192. The second-order valence-corrected chi connectivity index (χ2v) is 6.60. The van der Waals surface area contributed by atoms with E-state index in [-0.39, 0.29) is 6.54 Å². The van der Waals surface area contributed by atoms with E-state index in [0.29, 0.717) is 6.54 Å². The highest BCUT2D eigenvalue weighted by Crippen LogP contribution is 2.13. The van der Waals surface area contributed by atoms with E-state index in [1.54, 1.807) is 20.8 Å². The van der Waals surface area contributed by atoms with E-state index in [9.17, 15) is 9.90 Å². The summed E-state index contributed by atoms with van der Waals surface area (Å²) < 4.78 is 5.36. The standard InChI is InChI=1S/C18H27NO4/c1-14(10-15-8-6-5-7-9-15)11-19(12-16(21)13-20)17(22)23-18(2,3)4/h5-10,16,20-21H,11-13H2,1-4H3/b14-10+. The van der Waals surface area contributed by atoms with E-state index >= 15 is 0 Å². The Balaban J connectivity index is 2.83. The van der Waals surface area contributed by atoms with Crippen LogP contribution in [0.25, 0.3) is 6.08 Å². The quantitative estimate of drug-likeness (QED) is 0.845. The number of amides is 1. The van der Waals surface area contributed by atoms with Gasteiger partial charge in [-0.1, -0.05) is 42.0 Å². The molecule has 0 saturated carbocycles. The molecule has 1 unspecified atom stereocenters. The summed E-state index contributed by atoms with van der Waals surface area (Å²) in [5, 5.41) is 18.7. The second kappa shape index (κ2) is 8.70. The van der Waals surface area contributed by atoms with Crippen LogP contribution in [0.2, 0.25) is 0 Å². The number of carbonyl (C=O) groups is 1. The summed E-state index contributed by atoms with van der Waals surface area (Å²) in [7, 11) is 0. The van der Waals surface area contributed by atoms with E-state index in [0.717, 1.165) is 11.1 Å². The first-order chi connectivity index (χ1) is 10.7. The van der Waals surface area contributed by atoms with Crippen LogP contribution in [0.5, 0.6) is 0 Å². The molecule has 1 aromatic rings. The molecule has 0 aliphatic rings. The van der Waals surface area contributed by atoms with Gasteiger partial charge in [-0.05, 0) is 33.3 Å². The summed E-state index contributed by atoms with van der Waals surface area (Å²) in [5.41, 5.74) is 1.38. The SMILES string of the molecule is C/C(=C\c1ccccc1)CN(CC(O)CO)C(=O)OC(C)(C)C. The van der Waals surface area contributed by atoms with Crippen molar-refractivity contribution >= 4 is 12.2 Å². The molecule has 0 radical (unpaired) electrons. The van der Waals surface area contributed by atoms with Crippen LogP contribution in [0, 0.1) is 0 Å². The van der Waals surface area contributed by atoms with Gasteiger partial charge in [-0.15, -0.1) is 0 Å². The Morgan fingerprint density at radius 3 is 2.43 bits per heavy atom. The van der Waals surface area contributed by atoms with Gasteiger partial charge in [-0.25, -0.2) is 4.79 Å². The number of aliphatic hydroxyl groups excluding tert-OH is 2. The Kier molecular flexibility index (Phi) is 7.26. The highest BCUT2D eigenvalue weighted by atomic mass is 16.6. The number of rotatable bonds is 6. The van der Waals surface area contributed by atoms with Gasteiger partial charge in [0.2, 0.25) is 0 Å². The van der Waals surface area contributed by atoms with E-state index in [1.165, 1.54) is 4.90 Å². The van der Waals surface area contributed by atoms with Crippen LogP contribution < -0.4 is 0 Å². The number of benzene rings is 1. The first-order valence-corrected chi connectivity index (χ1v) is 7.70. The van der Waals surface area contributed by atoms with Gasteiger partial charge in [0.05, 0.1) is 19.3 Å². The average Bonchev–Trinajstić information content (AvgIpc) is 2.45. The number of hydrogen-bond donors (Lipinski definition) is 2. The molecular formula is C18H27NO4. The van der Waals surface area contributed by atoms with E-state index in [2.05, 4.69) is 0 Å². The van der Waals surface area contributed by atoms with Crippen molar-refractivity contribution in [2.24, 2.45) is 0 Å². The molecule has 0 heterocycles. The van der Waals surface area contributed by atoms with Crippen molar-refractivity contribution in [2.45, 2.75) is 39.4 Å². The monoisotopic (exact) mass is 321 g/mol. The van der Waals surface area contributed by atoms with Gasteiger partial charge in [-0.2, -0.15) is 0 Å². The molecule has 0 aliphatic heterocycles. The van der Waals surface area contributed by atoms with Crippen LogP contribution in [0.3, 0.4) is 0 Å². The Labute approximate surface area is 138 Å². The van der Waals surface area contributed by atoms with Crippen molar-refractivity contribution in [3.8, 4) is 0 Å². The molecule has 1 amide bonds. The maximum atomic E-state index is 12.3. The van der Waals surface area contributed by atoms with Gasteiger partial charge >= 0.3 is 6.09 Å². The largest absolute Gasteiger partial charge is 0.444 e. The second-order valence-electron chi connectivity index (χ2n) is 6.60. The molecule has 0 aliphatic carbocycles. The van der Waals surface area contributed by atoms with Gasteiger partial charge in [0, 0.05) is 6.54 Å². The van der Waals surface area contributed by atoms with Crippen LogP contribution in [0.15, 0.2) is 35.9 Å². The van der Waals surface area contributed by atoms with Gasteiger partial charge in [-0.3, -0.25) is 0 Å². The number of hydrogen-bond acceptors (Lipinski definition) is 4. The van der Waals surface area contributed by atoms with Crippen molar-refractivity contribution in [3.05, 3.63) is 41.5 Å². The van der Waals surface area contributed by atoms with Crippen LogP contribution in [0.1, 0.15) is 33.3 Å². The minimum Gasteiger partial charge on any atom is -0.444 e. The lowest BCUT2D eigenvalue weighted by atomic mass is 10.1. The zero-order valence-electron chi connectivity index (χ0n) is 14.3. The van der Waals surface area contributed by atoms with E-state index in [1.807, 2.05) is 43.3 Å². The zero-order chi connectivity index (χ0) is 17.5. The first kappa shape index (κ1) is 19.2. The molecule has 1 aromatic carbocycles. The first-order valence-electron chi connectivity index (χ1n) is 7.70. The predicted molar refractivity (Wildman–Crippen MR) is 91.0 cm³/mol. The van der Waals surface area contributed by atoms with Gasteiger partial charge < -0.3 is 19.8 Å². The molecule has 1 atom stereocenters. The molecule has 23 heavy (non-hydrogen) atoms. The summed E-state index contributed by atoms with van der Waals surface area (Å²) in [5.74, 6) is 0. The molecule has 2 N–H and O–H groups in total. The van der Waals surface area contributed by atoms with Gasteiger partial charge in [0.1, 0.15) is 5.60 Å². The molecule has 1 rings (SSSR count). The molecular weight excluding hydrogens is 294 g/mol. The summed E-state index contributed by atoms with van der Waals surface area (Å²) in [6.45, 7) is 7.22. The Hall–Kier alpha value is -1.85. The van der Waals surface area contributed by atoms with Crippen LogP contribution >= 0.6 is 0 Å². The fourth-order valence-corrected chi connectivity index (χ4v) is 2.02. The molecule has 0 aromatic heterocycles. The minimum atomic E-state index is -0.993. The number of nitrogens with zero attached hydrogens (tertiary/aromatic N) is 1. The number of ether oxygens (including phenoxy) is 1. The van der Waals surface area contributed by atoms with Crippen molar-refractivity contribution in [1.82, 2.24) is 4.90 Å². The molecule has 5 nitrogen and oxygen atoms in total. The lowest BCUT2D eigenvalue weighted by molar-refractivity contribution is 0.00967. The summed E-state index contributed by atoms with van der Waals surface area (Å²) in [6.07, 6.45) is 0.473. The number of aliphatic hydroxyl groups is 2. The maximum Gasteiger partial charge on any atom is 0.410 e. The van der Waals surface area contributed by atoms with Crippen LogP contribution in [-0.2, 0) is 4.74 Å². The average molecular weight is 321 g/mol. The third-order valence-electron chi connectivity index (χ3n) is 2.95. The van der Waals surface area contributed by atoms with Crippen molar-refractivity contribution in [2.75, 3.05) is 19.7 Å². The topological polar surface area (TPSA) is 70.0 Å². The van der Waals surface area contributed by atoms with Gasteiger partial charge in [0.25, 0.3) is 0 Å². The summed E-state index contributed by atoms with van der Waals surface area (Å²) in [4.78, 5) is 13.7. The lowest BCUT2D eigenvalue weighted by Gasteiger charge is -2.28. The fourth-order valence-electron chi connectivity index (χ4n) is 2.02. The van der Waals surface area contributed by atoms with Crippen LogP contribution in [-0.4, -0.2) is 52.6 Å². The Morgan fingerprint density at radius 2 is 1.91 bits per heavy atom. The van der Waals surface area contributed by atoms with Crippen molar-refractivity contribution in [3.63, 3.8) is 0 Å². The Morgan fingerprint density at radius 1 is 1.30 bits per heavy atom. The third kappa shape index (κ3) is 7.81. The highest BCUT2D eigenvalue weighted by Gasteiger charge is 2.24. The smallest absolute Gasteiger partial charge is 0.410 e. The predicted octanol–water partition coefficient (Wildman–Crippen LogP) is 2.68. The lowest BCUT2D eigenvalue weighted by Crippen LogP contribution is -2.42. The molecule has 5 heteroatoms. The molecule has 0 bridgehead atoms. The van der Waals surface area contributed by atoms with Crippen molar-refractivity contribution in [1.29, 1.82) is 0 Å². The Bertz CT molecular complexity index is 520. The fraction of sp³-hybridized carbons (Fsp3) is 0.500. The molecule has 128 valence electrons. The van der Waals surface area contributed by atoms with Crippen LogP contribution in [0.4, 0.5) is 4.79 Å². The normalized spacial score (nSPS) is 13.6. The zero-order valence-corrected chi connectivity index (χ0v) is 14.3. The molecule has 0 spiro atoms. The highest BCUT2D eigenvalue weighted by molar-refractivity contribution is 5.69. The van der Waals surface area contributed by atoms with E-state index in [4.69, 9.17) is 9.84 Å². The number of carbonyl (C=O) groups excluding carboxylic acids is 1. The summed E-state index contributed by atoms with van der Waals surface area (Å²) >= 11 is 0.